The van der Waals surface area contributed by atoms with E-state index in [4.69, 9.17) is 5.11 Å². The van der Waals surface area contributed by atoms with E-state index in [1.807, 2.05) is 30.3 Å². The SMILES string of the molecule is OC(CNc1nccc2ccccc12)C(F)F. The maximum atomic E-state index is 12.1. The molecule has 1 atom stereocenters. The Hall–Kier alpha value is -1.75. The third kappa shape index (κ3) is 2.68. The zero-order valence-electron chi connectivity index (χ0n) is 8.98. The smallest absolute Gasteiger partial charge is 0.265 e. The van der Waals surface area contributed by atoms with E-state index in [9.17, 15) is 8.78 Å². The monoisotopic (exact) mass is 238 g/mol. The molecule has 0 saturated heterocycles. The van der Waals surface area contributed by atoms with Gasteiger partial charge in [-0.1, -0.05) is 24.3 Å². The van der Waals surface area contributed by atoms with E-state index in [0.717, 1.165) is 10.8 Å². The Labute approximate surface area is 97.1 Å². The van der Waals surface area contributed by atoms with Crippen LogP contribution in [0.1, 0.15) is 0 Å². The minimum absolute atomic E-state index is 0.224. The molecule has 0 bridgehead atoms. The third-order valence-corrected chi connectivity index (χ3v) is 2.44. The van der Waals surface area contributed by atoms with E-state index in [0.29, 0.717) is 5.82 Å². The van der Waals surface area contributed by atoms with Crippen LogP contribution < -0.4 is 5.32 Å². The van der Waals surface area contributed by atoms with Crippen LogP contribution in [0.5, 0.6) is 0 Å². The minimum atomic E-state index is -2.75. The largest absolute Gasteiger partial charge is 0.385 e. The first-order chi connectivity index (χ1) is 8.18. The fourth-order valence-electron chi connectivity index (χ4n) is 1.55. The summed E-state index contributed by atoms with van der Waals surface area (Å²) in [6.07, 6.45) is -2.84. The molecule has 1 aromatic carbocycles. The van der Waals surface area contributed by atoms with Crippen LogP contribution in [0.4, 0.5) is 14.6 Å². The number of halogens is 2. The van der Waals surface area contributed by atoms with Crippen LogP contribution in [0.3, 0.4) is 0 Å². The predicted octanol–water partition coefficient (Wildman–Crippen LogP) is 2.27. The Morgan fingerprint density at radius 2 is 2.00 bits per heavy atom. The molecule has 3 nitrogen and oxygen atoms in total. The van der Waals surface area contributed by atoms with Gasteiger partial charge in [0.05, 0.1) is 0 Å². The average molecular weight is 238 g/mol. The third-order valence-electron chi connectivity index (χ3n) is 2.44. The zero-order valence-corrected chi connectivity index (χ0v) is 8.98. The number of nitrogens with one attached hydrogen (secondary N) is 1. The summed E-state index contributed by atoms with van der Waals surface area (Å²) in [5.41, 5.74) is 0. The molecule has 90 valence electrons. The van der Waals surface area contributed by atoms with Crippen LogP contribution in [-0.2, 0) is 0 Å². The van der Waals surface area contributed by atoms with Gasteiger partial charge >= 0.3 is 0 Å². The number of anilines is 1. The number of pyridine rings is 1. The van der Waals surface area contributed by atoms with E-state index in [-0.39, 0.29) is 6.54 Å². The van der Waals surface area contributed by atoms with Gasteiger partial charge in [-0.05, 0) is 11.5 Å². The fraction of sp³-hybridized carbons (Fsp3) is 0.250. The van der Waals surface area contributed by atoms with E-state index in [1.165, 1.54) is 0 Å². The number of hydrogen-bond donors (Lipinski definition) is 2. The van der Waals surface area contributed by atoms with Gasteiger partial charge in [0.1, 0.15) is 11.9 Å². The highest BCUT2D eigenvalue weighted by Gasteiger charge is 2.16. The van der Waals surface area contributed by atoms with Gasteiger partial charge in [-0.2, -0.15) is 0 Å². The van der Waals surface area contributed by atoms with Gasteiger partial charge < -0.3 is 10.4 Å². The van der Waals surface area contributed by atoms with Crippen LogP contribution in [0.25, 0.3) is 10.8 Å². The summed E-state index contributed by atoms with van der Waals surface area (Å²) in [7, 11) is 0. The van der Waals surface area contributed by atoms with Gasteiger partial charge in [0.25, 0.3) is 6.43 Å². The summed E-state index contributed by atoms with van der Waals surface area (Å²) in [5.74, 6) is 0.503. The molecular weight excluding hydrogens is 226 g/mol. The molecule has 0 aliphatic rings. The first-order valence-corrected chi connectivity index (χ1v) is 5.22. The summed E-state index contributed by atoms with van der Waals surface area (Å²) in [6, 6.07) is 9.33. The van der Waals surface area contributed by atoms with E-state index >= 15 is 0 Å². The van der Waals surface area contributed by atoms with Crippen molar-refractivity contribution in [2.75, 3.05) is 11.9 Å². The number of fused-ring (bicyclic) bond motifs is 1. The second kappa shape index (κ2) is 5.05. The van der Waals surface area contributed by atoms with Crippen LogP contribution in [0.15, 0.2) is 36.5 Å². The second-order valence-corrected chi connectivity index (χ2v) is 3.66. The Morgan fingerprint density at radius 1 is 1.24 bits per heavy atom. The highest BCUT2D eigenvalue weighted by atomic mass is 19.3. The summed E-state index contributed by atoms with van der Waals surface area (Å²) in [6.45, 7) is -0.224. The lowest BCUT2D eigenvalue weighted by molar-refractivity contribution is 0.00382. The lowest BCUT2D eigenvalue weighted by Gasteiger charge is -2.12. The summed E-state index contributed by atoms with van der Waals surface area (Å²) >= 11 is 0. The maximum Gasteiger partial charge on any atom is 0.265 e. The first-order valence-electron chi connectivity index (χ1n) is 5.22. The molecule has 1 unspecified atom stereocenters. The summed E-state index contributed by atoms with van der Waals surface area (Å²) < 4.78 is 24.3. The van der Waals surface area contributed by atoms with Crippen LogP contribution in [0, 0.1) is 0 Å². The van der Waals surface area contributed by atoms with E-state index in [1.54, 1.807) is 6.20 Å². The number of hydrogen-bond acceptors (Lipinski definition) is 3. The Kier molecular flexibility index (Phi) is 3.49. The normalized spacial score (nSPS) is 12.9. The van der Waals surface area contributed by atoms with Crippen molar-refractivity contribution in [3.8, 4) is 0 Å². The zero-order chi connectivity index (χ0) is 12.3. The molecule has 0 spiro atoms. The first kappa shape index (κ1) is 11.7. The number of aliphatic hydroxyl groups excluding tert-OH is 1. The molecule has 17 heavy (non-hydrogen) atoms. The van der Waals surface area contributed by atoms with Gasteiger partial charge in [-0.25, -0.2) is 13.8 Å². The van der Waals surface area contributed by atoms with Gasteiger partial charge in [0.2, 0.25) is 0 Å². The lowest BCUT2D eigenvalue weighted by atomic mass is 10.1. The Morgan fingerprint density at radius 3 is 2.76 bits per heavy atom. The molecule has 1 aromatic heterocycles. The number of aliphatic hydroxyl groups is 1. The van der Waals surface area contributed by atoms with Crippen molar-refractivity contribution in [3.63, 3.8) is 0 Å². The lowest BCUT2D eigenvalue weighted by Crippen LogP contribution is -2.27. The van der Waals surface area contributed by atoms with E-state index < -0.39 is 12.5 Å². The van der Waals surface area contributed by atoms with Crippen molar-refractivity contribution in [1.82, 2.24) is 4.98 Å². The van der Waals surface area contributed by atoms with Crippen LogP contribution >= 0.6 is 0 Å². The second-order valence-electron chi connectivity index (χ2n) is 3.66. The maximum absolute atomic E-state index is 12.1. The molecule has 0 radical (unpaired) electrons. The molecule has 2 N–H and O–H groups in total. The summed E-state index contributed by atoms with van der Waals surface area (Å²) in [4.78, 5) is 4.07. The topological polar surface area (TPSA) is 45.1 Å². The minimum Gasteiger partial charge on any atom is -0.385 e. The number of aromatic nitrogens is 1. The molecular formula is C12H12F2N2O. The molecule has 1 heterocycles. The van der Waals surface area contributed by atoms with Gasteiger partial charge in [0, 0.05) is 18.1 Å². The molecule has 0 fully saturated rings. The van der Waals surface area contributed by atoms with Gasteiger partial charge in [0.15, 0.2) is 0 Å². The number of rotatable bonds is 4. The fourth-order valence-corrected chi connectivity index (χ4v) is 1.55. The summed E-state index contributed by atoms with van der Waals surface area (Å²) in [5, 5.41) is 13.6. The molecule has 0 saturated carbocycles. The molecule has 2 rings (SSSR count). The number of alkyl halides is 2. The van der Waals surface area contributed by atoms with Gasteiger partial charge in [-0.3, -0.25) is 0 Å². The molecule has 5 heteroatoms. The van der Waals surface area contributed by atoms with Crippen LogP contribution in [0.2, 0.25) is 0 Å². The van der Waals surface area contributed by atoms with Gasteiger partial charge in [-0.15, -0.1) is 0 Å². The molecule has 0 aliphatic heterocycles. The Bertz CT molecular complexity index is 499. The molecule has 0 amide bonds. The average Bonchev–Trinajstić information content (AvgIpc) is 2.35. The van der Waals surface area contributed by atoms with Crippen molar-refractivity contribution in [2.45, 2.75) is 12.5 Å². The highest BCUT2D eigenvalue weighted by molar-refractivity contribution is 5.91. The Balaban J connectivity index is 2.19. The van der Waals surface area contributed by atoms with Crippen molar-refractivity contribution < 1.29 is 13.9 Å². The highest BCUT2D eigenvalue weighted by Crippen LogP contribution is 2.20. The van der Waals surface area contributed by atoms with Crippen molar-refractivity contribution in [3.05, 3.63) is 36.5 Å². The van der Waals surface area contributed by atoms with Crippen molar-refractivity contribution in [2.24, 2.45) is 0 Å². The molecule has 0 aliphatic carbocycles. The van der Waals surface area contributed by atoms with Crippen molar-refractivity contribution in [1.29, 1.82) is 0 Å². The van der Waals surface area contributed by atoms with Crippen LogP contribution in [-0.4, -0.2) is 29.2 Å². The quantitative estimate of drug-likeness (QED) is 0.858. The predicted molar refractivity (Wildman–Crippen MR) is 62.2 cm³/mol. The van der Waals surface area contributed by atoms with E-state index in [2.05, 4.69) is 10.3 Å². The molecule has 2 aromatic rings. The number of benzene rings is 1. The number of nitrogens with zero attached hydrogens (tertiary/aromatic N) is 1. The van der Waals surface area contributed by atoms with Crippen molar-refractivity contribution >= 4 is 16.6 Å². The standard InChI is InChI=1S/C12H12F2N2O/c13-11(14)10(17)7-16-12-9-4-2-1-3-8(9)5-6-15-12/h1-6,10-11,17H,7H2,(H,15,16).